The van der Waals surface area contributed by atoms with E-state index < -0.39 is 11.7 Å². The van der Waals surface area contributed by atoms with Gasteiger partial charge in [-0.1, -0.05) is 48.5 Å². The first kappa shape index (κ1) is 17.0. The molecule has 0 amide bonds. The van der Waals surface area contributed by atoms with Crippen LogP contribution >= 0.6 is 0 Å². The molecule has 4 rings (SSSR count). The summed E-state index contributed by atoms with van der Waals surface area (Å²) in [6.07, 6.45) is -1.40. The van der Waals surface area contributed by atoms with Crippen molar-refractivity contribution >= 4 is 22.9 Å². The van der Waals surface area contributed by atoms with Gasteiger partial charge >= 0.3 is 6.18 Å². The van der Waals surface area contributed by atoms with E-state index in [1.165, 1.54) is 6.33 Å². The lowest BCUT2D eigenvalue weighted by atomic mass is 10.1. The molecule has 0 radical (unpaired) electrons. The van der Waals surface area contributed by atoms with Crippen molar-refractivity contribution in [3.8, 4) is 5.69 Å². The highest BCUT2D eigenvalue weighted by Gasteiger charge is 2.32. The Bertz CT molecular complexity index is 1100. The Morgan fingerprint density at radius 1 is 0.889 bits per heavy atom. The van der Waals surface area contributed by atoms with Gasteiger partial charge in [0.2, 0.25) is 0 Å². The van der Waals surface area contributed by atoms with Gasteiger partial charge in [0.15, 0.2) is 0 Å². The van der Waals surface area contributed by atoms with Crippen LogP contribution in [0, 0.1) is 0 Å². The zero-order chi connectivity index (χ0) is 18.9. The molecule has 134 valence electrons. The molecule has 0 bridgehead atoms. The topological polar surface area (TPSA) is 30.2 Å². The summed E-state index contributed by atoms with van der Waals surface area (Å²) in [5, 5.41) is 0. The fourth-order valence-electron chi connectivity index (χ4n) is 2.86. The molecule has 6 heteroatoms. The van der Waals surface area contributed by atoms with Crippen molar-refractivity contribution in [3.63, 3.8) is 0 Å². The van der Waals surface area contributed by atoms with Crippen molar-refractivity contribution in [1.82, 2.24) is 9.55 Å². The van der Waals surface area contributed by atoms with Crippen molar-refractivity contribution in [2.24, 2.45) is 4.99 Å². The number of alkyl halides is 3. The minimum atomic E-state index is -4.47. The quantitative estimate of drug-likeness (QED) is 0.422. The lowest BCUT2D eigenvalue weighted by Crippen LogP contribution is -2.05. The highest BCUT2D eigenvalue weighted by Crippen LogP contribution is 2.37. The van der Waals surface area contributed by atoms with Gasteiger partial charge in [0.25, 0.3) is 0 Å². The van der Waals surface area contributed by atoms with Gasteiger partial charge < -0.3 is 0 Å². The number of rotatable bonds is 3. The molecule has 3 aromatic carbocycles. The molecule has 0 spiro atoms. The van der Waals surface area contributed by atoms with Crippen molar-refractivity contribution in [2.45, 2.75) is 6.18 Å². The van der Waals surface area contributed by atoms with Gasteiger partial charge in [0, 0.05) is 11.9 Å². The number of fused-ring (bicyclic) bond motifs is 1. The highest BCUT2D eigenvalue weighted by atomic mass is 19.4. The van der Waals surface area contributed by atoms with Crippen LogP contribution in [0.1, 0.15) is 11.1 Å². The number of aliphatic imine (C=N–C) groups is 1. The zero-order valence-electron chi connectivity index (χ0n) is 14.1. The molecule has 3 nitrogen and oxygen atoms in total. The minimum Gasteiger partial charge on any atom is -0.297 e. The molecular weight excluding hydrogens is 351 g/mol. The van der Waals surface area contributed by atoms with E-state index in [1.807, 2.05) is 60.7 Å². The summed E-state index contributed by atoms with van der Waals surface area (Å²) < 4.78 is 41.7. The predicted molar refractivity (Wildman–Crippen MR) is 99.8 cm³/mol. The van der Waals surface area contributed by atoms with Gasteiger partial charge in [-0.3, -0.25) is 9.56 Å². The first-order chi connectivity index (χ1) is 13.0. The summed E-state index contributed by atoms with van der Waals surface area (Å²) in [7, 11) is 0. The molecule has 0 saturated carbocycles. The first-order valence-corrected chi connectivity index (χ1v) is 8.25. The number of hydrogen-bond acceptors (Lipinski definition) is 2. The van der Waals surface area contributed by atoms with Crippen LogP contribution in [-0.2, 0) is 6.18 Å². The van der Waals surface area contributed by atoms with Crippen LogP contribution in [0.15, 0.2) is 84.1 Å². The number of nitrogens with zero attached hydrogens (tertiary/aromatic N) is 3. The van der Waals surface area contributed by atoms with Gasteiger partial charge in [-0.25, -0.2) is 4.98 Å². The lowest BCUT2D eigenvalue weighted by Gasteiger charge is -2.10. The van der Waals surface area contributed by atoms with Gasteiger partial charge in [0.1, 0.15) is 6.33 Å². The van der Waals surface area contributed by atoms with Crippen LogP contribution in [0.3, 0.4) is 0 Å². The van der Waals surface area contributed by atoms with Crippen molar-refractivity contribution in [2.75, 3.05) is 0 Å². The Morgan fingerprint density at radius 2 is 1.56 bits per heavy atom. The van der Waals surface area contributed by atoms with Crippen LogP contribution < -0.4 is 0 Å². The molecule has 0 aliphatic rings. The minimum absolute atomic E-state index is 0.213. The number of benzene rings is 3. The van der Waals surface area contributed by atoms with E-state index in [4.69, 9.17) is 0 Å². The normalized spacial score (nSPS) is 12.1. The van der Waals surface area contributed by atoms with Crippen LogP contribution in [0.25, 0.3) is 16.7 Å². The summed E-state index contributed by atoms with van der Waals surface area (Å²) in [6.45, 7) is 0. The maximum atomic E-state index is 13.3. The van der Waals surface area contributed by atoms with Crippen LogP contribution in [-0.4, -0.2) is 15.8 Å². The van der Waals surface area contributed by atoms with Crippen molar-refractivity contribution < 1.29 is 13.2 Å². The fraction of sp³-hybridized carbons (Fsp3) is 0.0476. The second-order valence-electron chi connectivity index (χ2n) is 5.98. The standard InChI is InChI=1S/C21H14F3N3/c22-21(23,24)16-11-18(25-13-15-7-3-1-4-8-15)20-19(12-16)26-14-27(20)17-9-5-2-6-10-17/h1-14H. The maximum absolute atomic E-state index is 13.3. The first-order valence-electron chi connectivity index (χ1n) is 8.25. The molecule has 0 aliphatic carbocycles. The Hall–Kier alpha value is -3.41. The van der Waals surface area contributed by atoms with E-state index in [0.717, 1.165) is 23.4 Å². The number of hydrogen-bond donors (Lipinski definition) is 0. The number of para-hydroxylation sites is 1. The van der Waals surface area contributed by atoms with E-state index in [1.54, 1.807) is 10.8 Å². The molecule has 0 unspecified atom stereocenters. The summed E-state index contributed by atoms with van der Waals surface area (Å²) in [5.74, 6) is 0. The average molecular weight is 365 g/mol. The molecule has 27 heavy (non-hydrogen) atoms. The molecule has 0 atom stereocenters. The largest absolute Gasteiger partial charge is 0.416 e. The summed E-state index contributed by atoms with van der Waals surface area (Å²) in [4.78, 5) is 8.53. The molecule has 0 aliphatic heterocycles. The molecule has 0 fully saturated rings. The molecular formula is C21H14F3N3. The third-order valence-corrected chi connectivity index (χ3v) is 4.14. The van der Waals surface area contributed by atoms with Gasteiger partial charge in [-0.2, -0.15) is 13.2 Å². The van der Waals surface area contributed by atoms with Gasteiger partial charge in [-0.05, 0) is 29.8 Å². The van der Waals surface area contributed by atoms with Crippen LogP contribution in [0.4, 0.5) is 18.9 Å². The summed E-state index contributed by atoms with van der Waals surface area (Å²) >= 11 is 0. The van der Waals surface area contributed by atoms with E-state index in [9.17, 15) is 13.2 Å². The molecule has 0 saturated heterocycles. The van der Waals surface area contributed by atoms with Crippen molar-refractivity contribution in [3.05, 3.63) is 90.3 Å². The Labute approximate surface area is 153 Å². The smallest absolute Gasteiger partial charge is 0.297 e. The number of aromatic nitrogens is 2. The second kappa shape index (κ2) is 6.72. The Kier molecular flexibility index (Phi) is 4.24. The number of halogens is 3. The predicted octanol–water partition coefficient (Wildman–Crippen LogP) is 5.79. The highest BCUT2D eigenvalue weighted by molar-refractivity contribution is 5.93. The van der Waals surface area contributed by atoms with E-state index in [2.05, 4.69) is 9.98 Å². The molecule has 1 aromatic heterocycles. The Balaban J connectivity index is 1.92. The third-order valence-electron chi connectivity index (χ3n) is 4.14. The van der Waals surface area contributed by atoms with Gasteiger partial charge in [0.05, 0.1) is 22.3 Å². The molecule has 4 aromatic rings. The van der Waals surface area contributed by atoms with Crippen molar-refractivity contribution in [1.29, 1.82) is 0 Å². The molecule has 1 heterocycles. The second-order valence-corrected chi connectivity index (χ2v) is 5.98. The van der Waals surface area contributed by atoms with Crippen LogP contribution in [0.2, 0.25) is 0 Å². The van der Waals surface area contributed by atoms with Crippen LogP contribution in [0.5, 0.6) is 0 Å². The Morgan fingerprint density at radius 3 is 2.22 bits per heavy atom. The number of imidazole rings is 1. The van der Waals surface area contributed by atoms with E-state index >= 15 is 0 Å². The van der Waals surface area contributed by atoms with Gasteiger partial charge in [-0.15, -0.1) is 0 Å². The van der Waals surface area contributed by atoms with E-state index in [0.29, 0.717) is 5.52 Å². The summed E-state index contributed by atoms with van der Waals surface area (Å²) in [6, 6.07) is 20.7. The average Bonchev–Trinajstić information content (AvgIpc) is 3.11. The summed E-state index contributed by atoms with van der Waals surface area (Å²) in [5.41, 5.74) is 1.82. The SMILES string of the molecule is FC(F)(F)c1cc(N=Cc2ccccc2)c2c(c1)ncn2-c1ccccc1. The zero-order valence-corrected chi connectivity index (χ0v) is 14.1. The molecule has 0 N–H and O–H groups in total. The fourth-order valence-corrected chi connectivity index (χ4v) is 2.86. The maximum Gasteiger partial charge on any atom is 0.416 e. The monoisotopic (exact) mass is 365 g/mol. The third kappa shape index (κ3) is 3.46. The lowest BCUT2D eigenvalue weighted by molar-refractivity contribution is -0.137. The van der Waals surface area contributed by atoms with E-state index in [-0.39, 0.29) is 11.2 Å².